The van der Waals surface area contributed by atoms with Crippen LogP contribution >= 0.6 is 0 Å². The standard InChI is InChI=1S/C15H25N3O2/c1-17-6-8-18(9-7-17)13(11-16)12-4-5-14(19-2)15(10-12)20-3/h4-5,10,13H,6-9,11,16H2,1-3H3/t13-/m1/s1. The van der Waals surface area contributed by atoms with Gasteiger partial charge in [0, 0.05) is 38.8 Å². The fourth-order valence-electron chi connectivity index (χ4n) is 2.69. The number of hydrogen-bond acceptors (Lipinski definition) is 5. The fourth-order valence-corrected chi connectivity index (χ4v) is 2.69. The van der Waals surface area contributed by atoms with Gasteiger partial charge in [-0.15, -0.1) is 0 Å². The Morgan fingerprint density at radius 1 is 1.10 bits per heavy atom. The van der Waals surface area contributed by atoms with Crippen LogP contribution in [0.15, 0.2) is 18.2 Å². The van der Waals surface area contributed by atoms with Crippen LogP contribution in [0.3, 0.4) is 0 Å². The smallest absolute Gasteiger partial charge is 0.161 e. The van der Waals surface area contributed by atoms with Crippen molar-refractivity contribution < 1.29 is 9.47 Å². The van der Waals surface area contributed by atoms with E-state index >= 15 is 0 Å². The molecule has 0 radical (unpaired) electrons. The summed E-state index contributed by atoms with van der Waals surface area (Å²) in [5, 5.41) is 0. The number of hydrogen-bond donors (Lipinski definition) is 1. The molecule has 0 aliphatic carbocycles. The van der Waals surface area contributed by atoms with E-state index in [9.17, 15) is 0 Å². The molecular weight excluding hydrogens is 254 g/mol. The monoisotopic (exact) mass is 279 g/mol. The van der Waals surface area contributed by atoms with E-state index in [-0.39, 0.29) is 6.04 Å². The molecule has 1 aromatic rings. The molecule has 1 fully saturated rings. The third-order valence-corrected chi connectivity index (χ3v) is 3.99. The molecule has 5 heteroatoms. The molecule has 20 heavy (non-hydrogen) atoms. The van der Waals surface area contributed by atoms with Crippen LogP contribution in [-0.4, -0.2) is 63.8 Å². The van der Waals surface area contributed by atoms with Crippen molar-refractivity contribution in [3.05, 3.63) is 23.8 Å². The van der Waals surface area contributed by atoms with Crippen molar-refractivity contribution in [2.75, 3.05) is 54.0 Å². The number of nitrogens with zero attached hydrogens (tertiary/aromatic N) is 2. The predicted octanol–water partition coefficient (Wildman–Crippen LogP) is 0.951. The number of ether oxygens (including phenoxy) is 2. The van der Waals surface area contributed by atoms with E-state index in [0.717, 1.165) is 37.7 Å². The van der Waals surface area contributed by atoms with Gasteiger partial charge in [-0.05, 0) is 24.7 Å². The third-order valence-electron chi connectivity index (χ3n) is 3.99. The molecule has 112 valence electrons. The normalized spacial score (nSPS) is 18.8. The molecule has 1 atom stereocenters. The van der Waals surface area contributed by atoms with Crippen LogP contribution in [0, 0.1) is 0 Å². The van der Waals surface area contributed by atoms with Gasteiger partial charge in [-0.3, -0.25) is 4.90 Å². The molecule has 0 saturated carbocycles. The van der Waals surface area contributed by atoms with Gasteiger partial charge in [0.1, 0.15) is 0 Å². The highest BCUT2D eigenvalue weighted by Crippen LogP contribution is 2.31. The lowest BCUT2D eigenvalue weighted by atomic mass is 10.0. The number of nitrogens with two attached hydrogens (primary N) is 1. The van der Waals surface area contributed by atoms with Crippen LogP contribution in [0.4, 0.5) is 0 Å². The average Bonchev–Trinajstić information content (AvgIpc) is 2.49. The second-order valence-electron chi connectivity index (χ2n) is 5.21. The second-order valence-corrected chi connectivity index (χ2v) is 5.21. The molecular formula is C15H25N3O2. The number of benzene rings is 1. The number of rotatable bonds is 5. The first kappa shape index (κ1) is 15.1. The maximum Gasteiger partial charge on any atom is 0.161 e. The molecule has 2 N–H and O–H groups in total. The molecule has 0 bridgehead atoms. The Balaban J connectivity index is 2.18. The van der Waals surface area contributed by atoms with E-state index in [0.29, 0.717) is 6.54 Å². The minimum Gasteiger partial charge on any atom is -0.493 e. The topological polar surface area (TPSA) is 51.0 Å². The van der Waals surface area contributed by atoms with Gasteiger partial charge >= 0.3 is 0 Å². The number of methoxy groups -OCH3 is 2. The second kappa shape index (κ2) is 6.92. The van der Waals surface area contributed by atoms with Gasteiger partial charge in [0.2, 0.25) is 0 Å². The van der Waals surface area contributed by atoms with Gasteiger partial charge in [0.05, 0.1) is 14.2 Å². The van der Waals surface area contributed by atoms with Crippen molar-refractivity contribution in [2.24, 2.45) is 5.73 Å². The van der Waals surface area contributed by atoms with Gasteiger partial charge in [0.15, 0.2) is 11.5 Å². The summed E-state index contributed by atoms with van der Waals surface area (Å²) < 4.78 is 10.7. The summed E-state index contributed by atoms with van der Waals surface area (Å²) in [6.07, 6.45) is 0. The maximum atomic E-state index is 6.01. The lowest BCUT2D eigenvalue weighted by molar-refractivity contribution is 0.114. The van der Waals surface area contributed by atoms with E-state index in [4.69, 9.17) is 15.2 Å². The first-order valence-electron chi connectivity index (χ1n) is 7.04. The van der Waals surface area contributed by atoms with E-state index in [1.165, 1.54) is 5.56 Å². The number of piperazine rings is 1. The summed E-state index contributed by atoms with van der Waals surface area (Å²) in [6.45, 7) is 4.88. The summed E-state index contributed by atoms with van der Waals surface area (Å²) in [4.78, 5) is 4.79. The lowest BCUT2D eigenvalue weighted by Gasteiger charge is -2.37. The van der Waals surface area contributed by atoms with E-state index in [2.05, 4.69) is 22.9 Å². The van der Waals surface area contributed by atoms with Gasteiger partial charge < -0.3 is 20.1 Å². The average molecular weight is 279 g/mol. The van der Waals surface area contributed by atoms with Crippen LogP contribution < -0.4 is 15.2 Å². The summed E-state index contributed by atoms with van der Waals surface area (Å²) in [5.41, 5.74) is 7.19. The predicted molar refractivity (Wildman–Crippen MR) is 80.4 cm³/mol. The van der Waals surface area contributed by atoms with E-state index < -0.39 is 0 Å². The van der Waals surface area contributed by atoms with Crippen molar-refractivity contribution in [1.29, 1.82) is 0 Å². The molecule has 0 aromatic heterocycles. The van der Waals surface area contributed by atoms with Gasteiger partial charge in [-0.1, -0.05) is 6.07 Å². The van der Waals surface area contributed by atoms with Crippen molar-refractivity contribution in [2.45, 2.75) is 6.04 Å². The Bertz CT molecular complexity index is 431. The zero-order chi connectivity index (χ0) is 14.5. The van der Waals surface area contributed by atoms with E-state index in [1.807, 2.05) is 12.1 Å². The largest absolute Gasteiger partial charge is 0.493 e. The minimum absolute atomic E-state index is 0.239. The summed E-state index contributed by atoms with van der Waals surface area (Å²) in [6, 6.07) is 6.31. The highest BCUT2D eigenvalue weighted by molar-refractivity contribution is 5.43. The van der Waals surface area contributed by atoms with Crippen LogP contribution in [0.25, 0.3) is 0 Å². The van der Waals surface area contributed by atoms with Crippen molar-refractivity contribution in [3.8, 4) is 11.5 Å². The van der Waals surface area contributed by atoms with Crippen molar-refractivity contribution in [3.63, 3.8) is 0 Å². The Morgan fingerprint density at radius 2 is 1.75 bits per heavy atom. The zero-order valence-corrected chi connectivity index (χ0v) is 12.6. The zero-order valence-electron chi connectivity index (χ0n) is 12.6. The maximum absolute atomic E-state index is 6.01. The molecule has 1 aromatic carbocycles. The lowest BCUT2D eigenvalue weighted by Crippen LogP contribution is -2.47. The highest BCUT2D eigenvalue weighted by atomic mass is 16.5. The summed E-state index contributed by atoms with van der Waals surface area (Å²) >= 11 is 0. The quantitative estimate of drug-likeness (QED) is 0.870. The SMILES string of the molecule is COc1ccc([C@@H](CN)N2CCN(C)CC2)cc1OC. The van der Waals surface area contributed by atoms with Gasteiger partial charge in [-0.2, -0.15) is 0 Å². The molecule has 0 unspecified atom stereocenters. The molecule has 1 aliphatic heterocycles. The van der Waals surface area contributed by atoms with Crippen LogP contribution in [0.5, 0.6) is 11.5 Å². The first-order chi connectivity index (χ1) is 9.69. The highest BCUT2D eigenvalue weighted by Gasteiger charge is 2.23. The molecule has 2 rings (SSSR count). The Labute approximate surface area is 121 Å². The van der Waals surface area contributed by atoms with Crippen molar-refractivity contribution in [1.82, 2.24) is 9.80 Å². The van der Waals surface area contributed by atoms with Crippen LogP contribution in [-0.2, 0) is 0 Å². The molecule has 0 spiro atoms. The minimum atomic E-state index is 0.239. The molecule has 5 nitrogen and oxygen atoms in total. The Hall–Kier alpha value is -1.30. The van der Waals surface area contributed by atoms with Crippen molar-refractivity contribution >= 4 is 0 Å². The first-order valence-corrected chi connectivity index (χ1v) is 7.04. The molecule has 1 saturated heterocycles. The molecule has 1 heterocycles. The Kier molecular flexibility index (Phi) is 5.23. The fraction of sp³-hybridized carbons (Fsp3) is 0.600. The summed E-state index contributed by atoms with van der Waals surface area (Å²) in [5.74, 6) is 1.52. The van der Waals surface area contributed by atoms with E-state index in [1.54, 1.807) is 14.2 Å². The molecule has 0 amide bonds. The van der Waals surface area contributed by atoms with Gasteiger partial charge in [-0.25, -0.2) is 0 Å². The summed E-state index contributed by atoms with van der Waals surface area (Å²) in [7, 11) is 5.47. The third kappa shape index (κ3) is 3.23. The van der Waals surface area contributed by atoms with Crippen LogP contribution in [0.2, 0.25) is 0 Å². The molecule has 1 aliphatic rings. The number of likely N-dealkylation sites (N-methyl/N-ethyl adjacent to an activating group) is 1. The Morgan fingerprint density at radius 3 is 2.30 bits per heavy atom. The van der Waals surface area contributed by atoms with Gasteiger partial charge in [0.25, 0.3) is 0 Å². The van der Waals surface area contributed by atoms with Crippen LogP contribution in [0.1, 0.15) is 11.6 Å².